The van der Waals surface area contributed by atoms with Crippen LogP contribution < -0.4 is 10.6 Å². The lowest BCUT2D eigenvalue weighted by Crippen LogP contribution is -2.40. The molecule has 3 heterocycles. The first-order chi connectivity index (χ1) is 13.9. The lowest BCUT2D eigenvalue weighted by atomic mass is 9.85. The van der Waals surface area contributed by atoms with E-state index in [9.17, 15) is 9.59 Å². The van der Waals surface area contributed by atoms with Gasteiger partial charge < -0.3 is 10.6 Å². The molecule has 2 N–H and O–H groups in total. The number of anilines is 1. The molecule has 154 valence electrons. The first-order valence-electron chi connectivity index (χ1n) is 10.2. The number of fused-ring (bicyclic) bond motifs is 1. The monoisotopic (exact) mass is 415 g/mol. The van der Waals surface area contributed by atoms with Gasteiger partial charge in [0.1, 0.15) is 5.82 Å². The van der Waals surface area contributed by atoms with E-state index in [0.717, 1.165) is 43.4 Å². The number of aromatic nitrogens is 3. The average molecular weight is 416 g/mol. The van der Waals surface area contributed by atoms with Crippen LogP contribution in [-0.2, 0) is 22.6 Å². The summed E-state index contributed by atoms with van der Waals surface area (Å²) in [6.45, 7) is 4.63. The Morgan fingerprint density at radius 2 is 2.07 bits per heavy atom. The fraction of sp³-hybridized carbons (Fsp3) is 0.524. The number of hydrogen-bond acceptors (Lipinski definition) is 4. The molecule has 1 aliphatic heterocycles. The van der Waals surface area contributed by atoms with Gasteiger partial charge in [-0.3, -0.25) is 14.3 Å². The minimum atomic E-state index is -0.136. The minimum Gasteiger partial charge on any atom is -0.354 e. The summed E-state index contributed by atoms with van der Waals surface area (Å²) in [6.07, 6.45) is 7.68. The third-order valence-corrected chi connectivity index (χ3v) is 6.13. The van der Waals surface area contributed by atoms with Crippen LogP contribution in [0.25, 0.3) is 11.1 Å². The van der Waals surface area contributed by atoms with E-state index in [-0.39, 0.29) is 23.8 Å². The summed E-state index contributed by atoms with van der Waals surface area (Å²) in [6, 6.07) is 1.89. The van der Waals surface area contributed by atoms with Crippen molar-refractivity contribution in [2.45, 2.75) is 58.5 Å². The highest BCUT2D eigenvalue weighted by molar-refractivity contribution is 6.33. The summed E-state index contributed by atoms with van der Waals surface area (Å²) >= 11 is 6.43. The van der Waals surface area contributed by atoms with Crippen molar-refractivity contribution in [3.8, 4) is 11.1 Å². The van der Waals surface area contributed by atoms with Crippen LogP contribution in [0.4, 0.5) is 5.82 Å². The number of amides is 2. The van der Waals surface area contributed by atoms with Crippen LogP contribution in [0.5, 0.6) is 0 Å². The van der Waals surface area contributed by atoms with Gasteiger partial charge in [0.25, 0.3) is 0 Å². The van der Waals surface area contributed by atoms with Gasteiger partial charge >= 0.3 is 0 Å². The smallest absolute Gasteiger partial charge is 0.228 e. The molecule has 2 unspecified atom stereocenters. The highest BCUT2D eigenvalue weighted by Gasteiger charge is 2.28. The predicted molar refractivity (Wildman–Crippen MR) is 112 cm³/mol. The topological polar surface area (TPSA) is 88.9 Å². The molecule has 7 nitrogen and oxygen atoms in total. The third-order valence-electron chi connectivity index (χ3n) is 5.82. The molecule has 2 amide bonds. The van der Waals surface area contributed by atoms with Crippen molar-refractivity contribution in [1.82, 2.24) is 20.1 Å². The van der Waals surface area contributed by atoms with Crippen molar-refractivity contribution in [3.63, 3.8) is 0 Å². The van der Waals surface area contributed by atoms with Crippen LogP contribution in [-0.4, -0.2) is 32.6 Å². The molecule has 0 bridgehead atoms. The van der Waals surface area contributed by atoms with E-state index in [1.54, 1.807) is 6.20 Å². The number of halogens is 1. The molecule has 8 heteroatoms. The lowest BCUT2D eigenvalue weighted by Gasteiger charge is -2.28. The second-order valence-electron chi connectivity index (χ2n) is 8.30. The van der Waals surface area contributed by atoms with Gasteiger partial charge in [-0.15, -0.1) is 0 Å². The SMILES string of the molecule is CC(=O)NC1CCC[C@@H](C(=O)Nc2cc(-c3cnn4c3CC(C)C4)c(Cl)cn2)C1. The van der Waals surface area contributed by atoms with Crippen molar-refractivity contribution in [2.75, 3.05) is 5.32 Å². The largest absolute Gasteiger partial charge is 0.354 e. The number of nitrogens with one attached hydrogen (secondary N) is 2. The molecular formula is C21H26ClN5O2. The summed E-state index contributed by atoms with van der Waals surface area (Å²) in [5.74, 6) is 0.794. The fourth-order valence-electron chi connectivity index (χ4n) is 4.49. The summed E-state index contributed by atoms with van der Waals surface area (Å²) in [7, 11) is 0. The van der Waals surface area contributed by atoms with Crippen molar-refractivity contribution in [3.05, 3.63) is 29.2 Å². The molecule has 2 aromatic rings. The van der Waals surface area contributed by atoms with Gasteiger partial charge in [0.05, 0.1) is 11.2 Å². The summed E-state index contributed by atoms with van der Waals surface area (Å²) < 4.78 is 2.03. The normalized spacial score (nSPS) is 23.5. The molecule has 1 saturated carbocycles. The predicted octanol–water partition coefficient (Wildman–Crippen LogP) is 3.42. The van der Waals surface area contributed by atoms with Gasteiger partial charge in [0.15, 0.2) is 0 Å². The maximum atomic E-state index is 12.8. The summed E-state index contributed by atoms with van der Waals surface area (Å²) in [5.41, 5.74) is 3.01. The highest BCUT2D eigenvalue weighted by atomic mass is 35.5. The zero-order chi connectivity index (χ0) is 20.5. The van der Waals surface area contributed by atoms with Crippen LogP contribution in [0.1, 0.15) is 45.2 Å². The number of pyridine rings is 1. The summed E-state index contributed by atoms with van der Waals surface area (Å²) in [5, 5.41) is 10.9. The molecule has 1 fully saturated rings. The minimum absolute atomic E-state index is 0.0527. The van der Waals surface area contributed by atoms with Crippen LogP contribution in [0.3, 0.4) is 0 Å². The van der Waals surface area contributed by atoms with Gasteiger partial charge in [-0.1, -0.05) is 24.9 Å². The van der Waals surface area contributed by atoms with E-state index < -0.39 is 0 Å². The molecule has 1 aliphatic carbocycles. The molecular weight excluding hydrogens is 390 g/mol. The lowest BCUT2D eigenvalue weighted by molar-refractivity contribution is -0.123. The molecule has 0 aromatic carbocycles. The van der Waals surface area contributed by atoms with Crippen LogP contribution in [0.15, 0.2) is 18.5 Å². The molecule has 4 rings (SSSR count). The Morgan fingerprint density at radius 1 is 1.24 bits per heavy atom. The zero-order valence-electron chi connectivity index (χ0n) is 16.7. The van der Waals surface area contributed by atoms with Gasteiger partial charge in [0.2, 0.25) is 11.8 Å². The maximum absolute atomic E-state index is 12.8. The van der Waals surface area contributed by atoms with E-state index >= 15 is 0 Å². The number of carbonyl (C=O) groups excluding carboxylic acids is 2. The third kappa shape index (κ3) is 4.29. The average Bonchev–Trinajstić information content (AvgIpc) is 3.22. The first kappa shape index (κ1) is 19.9. The molecule has 0 saturated heterocycles. The molecule has 2 aliphatic rings. The standard InChI is InChI=1S/C21H26ClN5O2/c1-12-6-19-17(9-24-27(19)11-12)16-8-20(23-10-18(16)22)26-21(29)14-4-3-5-15(7-14)25-13(2)28/h8-10,12,14-15H,3-7,11H2,1-2H3,(H,25,28)(H,23,26,29)/t12?,14-,15?/m1/s1. The van der Waals surface area contributed by atoms with Crippen molar-refractivity contribution >= 4 is 29.2 Å². The molecule has 2 aromatic heterocycles. The van der Waals surface area contributed by atoms with Gasteiger partial charge in [-0.05, 0) is 37.7 Å². The maximum Gasteiger partial charge on any atom is 0.228 e. The van der Waals surface area contributed by atoms with E-state index in [1.807, 2.05) is 16.9 Å². The van der Waals surface area contributed by atoms with Crippen molar-refractivity contribution < 1.29 is 9.59 Å². The second-order valence-corrected chi connectivity index (χ2v) is 8.70. The molecule has 29 heavy (non-hydrogen) atoms. The van der Waals surface area contributed by atoms with E-state index in [4.69, 9.17) is 11.6 Å². The van der Waals surface area contributed by atoms with Crippen LogP contribution >= 0.6 is 11.6 Å². The van der Waals surface area contributed by atoms with E-state index in [0.29, 0.717) is 23.2 Å². The van der Waals surface area contributed by atoms with Gasteiger partial charge in [-0.2, -0.15) is 5.10 Å². The second kappa shape index (κ2) is 8.14. The van der Waals surface area contributed by atoms with E-state index in [2.05, 4.69) is 27.6 Å². The van der Waals surface area contributed by atoms with Gasteiger partial charge in [0, 0.05) is 48.4 Å². The van der Waals surface area contributed by atoms with Gasteiger partial charge in [-0.25, -0.2) is 4.98 Å². The Labute approximate surface area is 175 Å². The number of nitrogens with zero attached hydrogens (tertiary/aromatic N) is 3. The zero-order valence-corrected chi connectivity index (χ0v) is 17.5. The van der Waals surface area contributed by atoms with E-state index in [1.165, 1.54) is 12.6 Å². The summed E-state index contributed by atoms with van der Waals surface area (Å²) in [4.78, 5) is 28.4. The molecule has 0 spiro atoms. The van der Waals surface area contributed by atoms with Crippen LogP contribution in [0, 0.1) is 11.8 Å². The number of hydrogen-bond donors (Lipinski definition) is 2. The van der Waals surface area contributed by atoms with Crippen molar-refractivity contribution in [2.24, 2.45) is 11.8 Å². The first-order valence-corrected chi connectivity index (χ1v) is 10.6. The Kier molecular flexibility index (Phi) is 5.58. The Morgan fingerprint density at radius 3 is 2.86 bits per heavy atom. The fourth-order valence-corrected chi connectivity index (χ4v) is 4.69. The molecule has 0 radical (unpaired) electrons. The number of rotatable bonds is 4. The quantitative estimate of drug-likeness (QED) is 0.800. The Balaban J connectivity index is 1.50. The number of carbonyl (C=O) groups is 2. The van der Waals surface area contributed by atoms with Crippen LogP contribution in [0.2, 0.25) is 5.02 Å². The molecule has 3 atom stereocenters. The van der Waals surface area contributed by atoms with Crippen molar-refractivity contribution in [1.29, 1.82) is 0 Å². The Hall–Kier alpha value is -2.41. The highest BCUT2D eigenvalue weighted by Crippen LogP contribution is 2.35. The Bertz CT molecular complexity index is 941.